The Balaban J connectivity index is 1.68. The lowest BCUT2D eigenvalue weighted by atomic mass is 10.1. The van der Waals surface area contributed by atoms with Crippen LogP contribution in [0, 0.1) is 0 Å². The van der Waals surface area contributed by atoms with E-state index in [-0.39, 0.29) is 0 Å². The van der Waals surface area contributed by atoms with Crippen molar-refractivity contribution in [2.45, 2.75) is 0 Å². The van der Waals surface area contributed by atoms with Gasteiger partial charge in [-0.25, -0.2) is 9.97 Å². The lowest BCUT2D eigenvalue weighted by molar-refractivity contribution is 0.413. The van der Waals surface area contributed by atoms with Gasteiger partial charge in [-0.05, 0) is 32.3 Å². The molecule has 0 spiro atoms. The predicted octanol–water partition coefficient (Wildman–Crippen LogP) is 4.63. The number of methoxy groups -OCH3 is 2. The average Bonchev–Trinajstić information content (AvgIpc) is 3.19. The van der Waals surface area contributed by atoms with Crippen molar-refractivity contribution in [1.82, 2.24) is 19.4 Å². The van der Waals surface area contributed by atoms with Crippen LogP contribution in [0.3, 0.4) is 0 Å². The molecule has 0 fully saturated rings. The molecular formula is C26H32ClN7O2. The van der Waals surface area contributed by atoms with E-state index in [1.54, 1.807) is 20.4 Å². The molecular weight excluding hydrogens is 478 g/mol. The number of anilines is 4. The van der Waals surface area contributed by atoms with Gasteiger partial charge in [-0.1, -0.05) is 11.6 Å². The summed E-state index contributed by atoms with van der Waals surface area (Å²) < 4.78 is 13.1. The lowest BCUT2D eigenvalue weighted by Gasteiger charge is -2.24. The average molecular weight is 510 g/mol. The number of nitrogen functional groups attached to an aromatic ring is 1. The topological polar surface area (TPSA) is 93.7 Å². The van der Waals surface area contributed by atoms with Gasteiger partial charge in [0.15, 0.2) is 0 Å². The molecule has 0 aliphatic carbocycles. The van der Waals surface area contributed by atoms with Crippen LogP contribution in [-0.4, -0.2) is 67.9 Å². The molecule has 0 aliphatic heterocycles. The van der Waals surface area contributed by atoms with Crippen LogP contribution >= 0.6 is 11.6 Å². The summed E-state index contributed by atoms with van der Waals surface area (Å²) in [5, 5.41) is 4.71. The minimum Gasteiger partial charge on any atom is -0.497 e. The molecule has 2 aromatic carbocycles. The van der Waals surface area contributed by atoms with Crippen LogP contribution in [0.4, 0.5) is 23.0 Å². The van der Waals surface area contributed by atoms with Gasteiger partial charge in [0.05, 0.1) is 53.7 Å². The number of nitrogens with zero attached hydrogens (tertiary/aromatic N) is 5. The zero-order valence-electron chi connectivity index (χ0n) is 21.5. The van der Waals surface area contributed by atoms with E-state index in [0.29, 0.717) is 33.8 Å². The van der Waals surface area contributed by atoms with Gasteiger partial charge in [0, 0.05) is 56.5 Å². The molecule has 2 heterocycles. The second-order valence-electron chi connectivity index (χ2n) is 8.89. The Morgan fingerprint density at radius 2 is 1.86 bits per heavy atom. The van der Waals surface area contributed by atoms with Crippen LogP contribution in [0.25, 0.3) is 22.2 Å². The van der Waals surface area contributed by atoms with Gasteiger partial charge < -0.3 is 34.9 Å². The number of fused-ring (bicyclic) bond motifs is 1. The second-order valence-corrected chi connectivity index (χ2v) is 9.30. The van der Waals surface area contributed by atoms with Gasteiger partial charge in [0.2, 0.25) is 5.95 Å². The van der Waals surface area contributed by atoms with Gasteiger partial charge in [-0.2, -0.15) is 0 Å². The van der Waals surface area contributed by atoms with Gasteiger partial charge in [-0.3, -0.25) is 0 Å². The Labute approximate surface area is 216 Å². The number of nitrogens with two attached hydrogens (primary N) is 1. The summed E-state index contributed by atoms with van der Waals surface area (Å²) in [6, 6.07) is 9.66. The molecule has 2 aromatic heterocycles. The predicted molar refractivity (Wildman–Crippen MR) is 148 cm³/mol. The smallest absolute Gasteiger partial charge is 0.227 e. The number of ether oxygens (including phenoxy) is 2. The number of hydrogen-bond acceptors (Lipinski definition) is 8. The molecule has 4 rings (SSSR count). The van der Waals surface area contributed by atoms with Gasteiger partial charge >= 0.3 is 0 Å². The molecule has 4 aromatic rings. The molecule has 10 heteroatoms. The minimum atomic E-state index is 0.381. The summed E-state index contributed by atoms with van der Waals surface area (Å²) in [6.07, 6.45) is 3.59. The first-order valence-corrected chi connectivity index (χ1v) is 11.9. The third-order valence-electron chi connectivity index (χ3n) is 6.09. The van der Waals surface area contributed by atoms with Gasteiger partial charge in [0.25, 0.3) is 0 Å². The number of aromatic nitrogens is 3. The van der Waals surface area contributed by atoms with Crippen molar-refractivity contribution in [3.8, 4) is 22.8 Å². The van der Waals surface area contributed by atoms with Crippen molar-refractivity contribution in [2.24, 2.45) is 7.05 Å². The number of aryl methyl sites for hydroxylation is 1. The normalized spacial score (nSPS) is 11.2. The highest BCUT2D eigenvalue weighted by atomic mass is 35.5. The zero-order valence-corrected chi connectivity index (χ0v) is 22.2. The minimum absolute atomic E-state index is 0.381. The van der Waals surface area contributed by atoms with Crippen molar-refractivity contribution in [3.05, 3.63) is 47.7 Å². The van der Waals surface area contributed by atoms with Crippen LogP contribution in [0.1, 0.15) is 0 Å². The van der Waals surface area contributed by atoms with Crippen molar-refractivity contribution in [3.63, 3.8) is 0 Å². The molecule has 0 radical (unpaired) electrons. The molecule has 0 aliphatic rings. The molecule has 0 saturated heterocycles. The van der Waals surface area contributed by atoms with Crippen LogP contribution < -0.4 is 25.4 Å². The summed E-state index contributed by atoms with van der Waals surface area (Å²) in [5.41, 5.74) is 11.1. The number of nitrogens with one attached hydrogen (secondary N) is 1. The molecule has 9 nitrogen and oxygen atoms in total. The Bertz CT molecular complexity index is 1390. The molecule has 0 amide bonds. The number of benzene rings is 2. The van der Waals surface area contributed by atoms with Crippen molar-refractivity contribution < 1.29 is 9.47 Å². The fraction of sp³-hybridized carbons (Fsp3) is 0.308. The molecule has 36 heavy (non-hydrogen) atoms. The summed E-state index contributed by atoms with van der Waals surface area (Å²) in [5.74, 6) is 1.80. The largest absolute Gasteiger partial charge is 0.497 e. The summed E-state index contributed by atoms with van der Waals surface area (Å²) >= 11 is 6.55. The van der Waals surface area contributed by atoms with E-state index in [2.05, 4.69) is 20.1 Å². The standard InChI is InChI=1S/C26H32ClN7O2/c1-32(2)9-10-33(3)23-13-24(36-6)21(12-20(23)28)30-26-29-14-19(27)25(31-26)18-15-34(4)22-11-16(35-5)7-8-17(18)22/h7-8,11-15H,9-10,28H2,1-6H3,(H,29,30,31). The van der Waals surface area contributed by atoms with Crippen LogP contribution in [-0.2, 0) is 7.05 Å². The Morgan fingerprint density at radius 1 is 1.08 bits per heavy atom. The number of hydrogen-bond donors (Lipinski definition) is 2. The fourth-order valence-electron chi connectivity index (χ4n) is 4.07. The Kier molecular flexibility index (Phi) is 7.42. The van der Waals surface area contributed by atoms with E-state index in [0.717, 1.165) is 41.0 Å². The maximum Gasteiger partial charge on any atom is 0.227 e. The molecule has 0 atom stereocenters. The van der Waals surface area contributed by atoms with Crippen molar-refractivity contribution in [2.75, 3.05) is 64.4 Å². The number of halogens is 1. The van der Waals surface area contributed by atoms with Crippen LogP contribution in [0.2, 0.25) is 5.02 Å². The summed E-state index contributed by atoms with van der Waals surface area (Å²) in [6.45, 7) is 1.73. The molecule has 3 N–H and O–H groups in total. The first-order valence-electron chi connectivity index (χ1n) is 11.5. The monoisotopic (exact) mass is 509 g/mol. The van der Waals surface area contributed by atoms with Crippen LogP contribution in [0.5, 0.6) is 11.5 Å². The Morgan fingerprint density at radius 3 is 2.56 bits per heavy atom. The van der Waals surface area contributed by atoms with E-state index in [4.69, 9.17) is 31.8 Å². The van der Waals surface area contributed by atoms with E-state index in [1.165, 1.54) is 0 Å². The Hall–Kier alpha value is -3.69. The fourth-order valence-corrected chi connectivity index (χ4v) is 4.26. The second kappa shape index (κ2) is 10.5. The highest BCUT2D eigenvalue weighted by Crippen LogP contribution is 2.38. The third kappa shape index (κ3) is 5.12. The van der Waals surface area contributed by atoms with E-state index in [9.17, 15) is 0 Å². The first-order chi connectivity index (χ1) is 17.2. The van der Waals surface area contributed by atoms with Gasteiger partial charge in [0.1, 0.15) is 11.5 Å². The van der Waals surface area contributed by atoms with Crippen molar-refractivity contribution in [1.29, 1.82) is 0 Å². The lowest BCUT2D eigenvalue weighted by Crippen LogP contribution is -2.29. The zero-order chi connectivity index (χ0) is 26.0. The number of rotatable bonds is 9. The van der Waals surface area contributed by atoms with Crippen molar-refractivity contribution >= 4 is 45.5 Å². The molecule has 0 saturated carbocycles. The summed E-state index contributed by atoms with van der Waals surface area (Å²) in [4.78, 5) is 13.4. The molecule has 190 valence electrons. The maximum absolute atomic E-state index is 6.55. The van der Waals surface area contributed by atoms with Crippen LogP contribution in [0.15, 0.2) is 42.7 Å². The highest BCUT2D eigenvalue weighted by Gasteiger charge is 2.17. The van der Waals surface area contributed by atoms with E-state index < -0.39 is 0 Å². The van der Waals surface area contributed by atoms with E-state index in [1.807, 2.05) is 69.3 Å². The quantitative estimate of drug-likeness (QED) is 0.315. The summed E-state index contributed by atoms with van der Waals surface area (Å²) in [7, 11) is 11.3. The highest BCUT2D eigenvalue weighted by molar-refractivity contribution is 6.33. The third-order valence-corrected chi connectivity index (χ3v) is 6.36. The first kappa shape index (κ1) is 25.4. The SMILES string of the molecule is COc1ccc2c(-c3nc(Nc4cc(N)c(N(C)CCN(C)C)cc4OC)ncc3Cl)cn(C)c2c1. The number of likely N-dealkylation sites (N-methyl/N-ethyl adjacent to an activating group) is 2. The molecule has 0 unspecified atom stereocenters. The molecule has 0 bridgehead atoms. The van der Waals surface area contributed by atoms with Gasteiger partial charge in [-0.15, -0.1) is 0 Å². The van der Waals surface area contributed by atoms with E-state index >= 15 is 0 Å². The maximum atomic E-state index is 6.55.